The SMILES string of the molecule is C1=Cc2nc1c(-c1ccccc1)c1ccc(s1)c(-c1ccccc1)c1nc(c(-c3ccc(OCCC[P+](c4ccccc4)(c4ccccc4)c4ccccc4)cc3)c3ccc(s3)c2-c2ccc(OCCC[P+](c3ccccc3)(c3ccccc3)c3ccccc3)cc2)C=C1. The fourth-order valence-electron chi connectivity index (χ4n) is 13.6. The molecule has 0 fully saturated rings. The van der Waals surface area contributed by atoms with Gasteiger partial charge in [0.1, 0.15) is 57.9 Å². The summed E-state index contributed by atoms with van der Waals surface area (Å²) in [5.41, 5.74) is 12.3. The van der Waals surface area contributed by atoms with E-state index in [1.54, 1.807) is 22.7 Å². The lowest BCUT2D eigenvalue weighted by Crippen LogP contribution is -2.33. The van der Waals surface area contributed by atoms with Crippen molar-refractivity contribution in [1.82, 2.24) is 9.97 Å². The fourth-order valence-corrected chi connectivity index (χ4v) is 24.5. The van der Waals surface area contributed by atoms with Gasteiger partial charge >= 0.3 is 0 Å². The smallest absolute Gasteiger partial charge is 0.119 e. The Labute approximate surface area is 560 Å². The molecule has 0 N–H and O–H groups in total. The molecule has 94 heavy (non-hydrogen) atoms. The topological polar surface area (TPSA) is 44.2 Å². The summed E-state index contributed by atoms with van der Waals surface area (Å²) >= 11 is 3.56. The molecule has 8 bridgehead atoms. The van der Waals surface area contributed by atoms with Crippen molar-refractivity contribution in [2.75, 3.05) is 25.5 Å². The van der Waals surface area contributed by atoms with Crippen molar-refractivity contribution in [3.05, 3.63) is 338 Å². The number of hydrogen-bond acceptors (Lipinski definition) is 6. The van der Waals surface area contributed by atoms with Crippen molar-refractivity contribution in [2.24, 2.45) is 0 Å². The molecule has 0 saturated heterocycles. The molecule has 0 spiro atoms. The van der Waals surface area contributed by atoms with Crippen LogP contribution in [0.2, 0.25) is 0 Å². The van der Waals surface area contributed by atoms with Gasteiger partial charge in [-0.05, 0) is 168 Å². The molecule has 8 heteroatoms. The Kier molecular flexibility index (Phi) is 17.8. The Hall–Kier alpha value is -9.90. The van der Waals surface area contributed by atoms with Crippen molar-refractivity contribution in [3.8, 4) is 56.0 Å². The van der Waals surface area contributed by atoms with Gasteiger partial charge in [0.25, 0.3) is 0 Å². The summed E-state index contributed by atoms with van der Waals surface area (Å²) in [5, 5.41) is 8.30. The van der Waals surface area contributed by atoms with Gasteiger partial charge in [-0.3, -0.25) is 0 Å². The molecule has 0 amide bonds. The van der Waals surface area contributed by atoms with Crippen LogP contribution in [0.3, 0.4) is 0 Å². The van der Waals surface area contributed by atoms with Crippen LogP contribution in [0.1, 0.15) is 35.6 Å². The third-order valence-electron chi connectivity index (χ3n) is 17.9. The van der Waals surface area contributed by atoms with Gasteiger partial charge in [0, 0.05) is 53.9 Å². The van der Waals surface area contributed by atoms with E-state index in [4.69, 9.17) is 19.4 Å². The predicted octanol–water partition coefficient (Wildman–Crippen LogP) is 20.3. The van der Waals surface area contributed by atoms with E-state index in [9.17, 15) is 0 Å². The van der Waals surface area contributed by atoms with Gasteiger partial charge in [-0.1, -0.05) is 194 Å². The van der Waals surface area contributed by atoms with Crippen LogP contribution in [-0.2, 0) is 0 Å². The summed E-state index contributed by atoms with van der Waals surface area (Å²) in [6, 6.07) is 115. The van der Waals surface area contributed by atoms with Crippen molar-refractivity contribution < 1.29 is 9.47 Å². The quantitative estimate of drug-likeness (QED) is 0.0563. The molecule has 454 valence electrons. The van der Waals surface area contributed by atoms with Crippen molar-refractivity contribution >= 4 is 112 Å². The minimum absolute atomic E-state index is 0.586. The van der Waals surface area contributed by atoms with Gasteiger partial charge in [-0.2, -0.15) is 0 Å². The largest absolute Gasteiger partial charge is 0.493 e. The zero-order chi connectivity index (χ0) is 62.9. The molecule has 5 heterocycles. The van der Waals surface area contributed by atoms with Crippen LogP contribution in [0.5, 0.6) is 11.5 Å². The summed E-state index contributed by atoms with van der Waals surface area (Å²) in [7, 11) is -4.00. The highest BCUT2D eigenvalue weighted by molar-refractivity contribution is 7.96. The van der Waals surface area contributed by atoms with E-state index in [2.05, 4.69) is 340 Å². The normalized spacial score (nSPS) is 12.0. The highest BCUT2D eigenvalue weighted by Crippen LogP contribution is 2.57. The zero-order valence-electron chi connectivity index (χ0n) is 52.0. The van der Waals surface area contributed by atoms with E-state index in [1.807, 2.05) is 0 Å². The van der Waals surface area contributed by atoms with Crippen LogP contribution in [0.4, 0.5) is 0 Å². The minimum atomic E-state index is -2.00. The predicted molar refractivity (Wildman–Crippen MR) is 408 cm³/mol. The minimum Gasteiger partial charge on any atom is -0.493 e. The van der Waals surface area contributed by atoms with Crippen LogP contribution < -0.4 is 41.3 Å². The first kappa shape index (κ1) is 60.3. The van der Waals surface area contributed by atoms with E-state index >= 15 is 0 Å². The maximum absolute atomic E-state index is 6.73. The number of thiophene rings is 2. The average molecular weight is 1290 g/mol. The standard InChI is InChI=1S/C86H68N2O2P2S2/c1-9-27-63(28-10-1)83-75-51-53-77(87-75)85(65-43-47-67(48-44-65)89-59-25-61-91(69-31-13-3-14-32-69,70-33-15-4-16-34-70)71-35-17-5-18-36-71)81-57-58-82(94-81)86(78-54-52-76(88-78)84(64-29-11-2-12-30-64)80-56-55-79(83)93-80)66-45-49-68(50-46-66)90-60-26-62-92(72-37-19-6-20-38-72,73-39-21-7-22-40-73)74-41-23-8-24-42-74/h1-24,27-58H,25-26,59-62H2/q+2. The molecule has 15 rings (SSSR count). The second-order valence-electron chi connectivity index (χ2n) is 23.5. The first-order chi connectivity index (χ1) is 46.6. The van der Waals surface area contributed by atoms with E-state index in [-0.39, 0.29) is 0 Å². The van der Waals surface area contributed by atoms with Gasteiger partial charge in [-0.25, -0.2) is 9.97 Å². The van der Waals surface area contributed by atoms with Crippen molar-refractivity contribution in [2.45, 2.75) is 12.8 Å². The Morgan fingerprint density at radius 2 is 0.468 bits per heavy atom. The molecule has 10 aromatic carbocycles. The number of hydrogen-bond donors (Lipinski definition) is 0. The summed E-state index contributed by atoms with van der Waals surface area (Å²) in [6.07, 6.45) is 12.5. The van der Waals surface area contributed by atoms with E-state index < -0.39 is 14.5 Å². The lowest BCUT2D eigenvalue weighted by Gasteiger charge is -2.27. The Bertz CT molecular complexity index is 4470. The van der Waals surface area contributed by atoms with Crippen LogP contribution in [-0.4, -0.2) is 35.5 Å². The maximum Gasteiger partial charge on any atom is 0.119 e. The summed E-state index contributed by atoms with van der Waals surface area (Å²) < 4.78 is 17.9. The lowest BCUT2D eigenvalue weighted by molar-refractivity contribution is 0.318. The van der Waals surface area contributed by atoms with Gasteiger partial charge < -0.3 is 9.47 Å². The molecule has 2 aliphatic rings. The molecule has 0 aliphatic carbocycles. The Balaban J connectivity index is 0.803. The first-order valence-electron chi connectivity index (χ1n) is 32.2. The molecular weight excluding hydrogens is 1220 g/mol. The molecule has 13 aromatic rings. The van der Waals surface area contributed by atoms with Crippen LogP contribution in [0, 0.1) is 0 Å². The van der Waals surface area contributed by atoms with Crippen LogP contribution in [0.15, 0.2) is 315 Å². The molecule has 0 atom stereocenters. The monoisotopic (exact) mass is 1290 g/mol. The van der Waals surface area contributed by atoms with Crippen molar-refractivity contribution in [1.29, 1.82) is 0 Å². The molecule has 0 saturated carbocycles. The second-order valence-corrected chi connectivity index (χ2v) is 32.9. The summed E-state index contributed by atoms with van der Waals surface area (Å²) in [6.45, 7) is 1.17. The third-order valence-corrected chi connectivity index (χ3v) is 29.2. The van der Waals surface area contributed by atoms with Gasteiger partial charge in [0.15, 0.2) is 0 Å². The Morgan fingerprint density at radius 1 is 0.245 bits per heavy atom. The van der Waals surface area contributed by atoms with Gasteiger partial charge in [0.2, 0.25) is 0 Å². The molecule has 2 aliphatic heterocycles. The molecule has 4 nitrogen and oxygen atoms in total. The number of ether oxygens (including phenoxy) is 2. The number of nitrogens with zero attached hydrogens (tertiary/aromatic N) is 2. The molecule has 0 unspecified atom stereocenters. The van der Waals surface area contributed by atoms with Gasteiger partial charge in [-0.15, -0.1) is 22.7 Å². The summed E-state index contributed by atoms with van der Waals surface area (Å²) in [4.78, 5) is 11.3. The maximum atomic E-state index is 6.73. The molecule has 0 radical (unpaired) electrons. The highest BCUT2D eigenvalue weighted by atomic mass is 32.1. The second kappa shape index (κ2) is 27.7. The van der Waals surface area contributed by atoms with E-state index in [0.29, 0.717) is 13.2 Å². The number of aromatic nitrogens is 2. The van der Waals surface area contributed by atoms with Gasteiger partial charge in [0.05, 0.1) is 48.3 Å². The molecule has 3 aromatic heterocycles. The van der Waals surface area contributed by atoms with Crippen molar-refractivity contribution in [3.63, 3.8) is 0 Å². The zero-order valence-corrected chi connectivity index (χ0v) is 55.4. The average Bonchev–Trinajstić information content (AvgIpc) is 1.28. The fraction of sp³-hybridized carbons (Fsp3) is 0.0698. The Morgan fingerprint density at radius 3 is 0.713 bits per heavy atom. The van der Waals surface area contributed by atoms with Crippen LogP contribution in [0.25, 0.3) is 87.6 Å². The van der Waals surface area contributed by atoms with E-state index in [1.165, 1.54) is 31.8 Å². The number of benzene rings is 10. The molecular formula is C86H68N2O2P2S2+2. The number of rotatable bonds is 20. The van der Waals surface area contributed by atoms with Crippen LogP contribution >= 0.6 is 37.2 Å². The lowest BCUT2D eigenvalue weighted by atomic mass is 10.0. The summed E-state index contributed by atoms with van der Waals surface area (Å²) in [5.74, 6) is 1.68. The third kappa shape index (κ3) is 12.2. The first-order valence-corrected chi connectivity index (χ1v) is 37.8. The van der Waals surface area contributed by atoms with E-state index in [0.717, 1.165) is 123 Å². The number of fused-ring (bicyclic) bond motifs is 8. The highest BCUT2D eigenvalue weighted by Gasteiger charge is 2.46.